The van der Waals surface area contributed by atoms with Crippen molar-refractivity contribution in [3.05, 3.63) is 0 Å². The minimum absolute atomic E-state index is 0.442. The van der Waals surface area contributed by atoms with Gasteiger partial charge < -0.3 is 10.1 Å². The zero-order valence-electron chi connectivity index (χ0n) is 8.55. The molecule has 0 aromatic rings. The molecule has 1 unspecified atom stereocenters. The average Bonchev–Trinajstić information content (AvgIpc) is 2.01. The van der Waals surface area contributed by atoms with Crippen LogP contribution in [0.2, 0.25) is 0 Å². The van der Waals surface area contributed by atoms with E-state index in [0.717, 1.165) is 25.9 Å². The van der Waals surface area contributed by atoms with E-state index < -0.39 is 0 Å². The van der Waals surface area contributed by atoms with Crippen LogP contribution >= 0.6 is 0 Å². The van der Waals surface area contributed by atoms with Gasteiger partial charge in [0, 0.05) is 25.1 Å². The number of terminal acetylenes is 1. The molecule has 1 fully saturated rings. The summed E-state index contributed by atoms with van der Waals surface area (Å²) in [5.74, 6) is 2.66. The molecule has 0 heterocycles. The zero-order valence-corrected chi connectivity index (χ0v) is 8.55. The normalized spacial score (nSPS) is 29.0. The average molecular weight is 181 g/mol. The van der Waals surface area contributed by atoms with Crippen LogP contribution in [0.5, 0.6) is 0 Å². The fourth-order valence-electron chi connectivity index (χ4n) is 1.71. The molecule has 1 rings (SSSR count). The number of nitrogens with one attached hydrogen (secondary N) is 1. The molecule has 1 aliphatic rings. The minimum Gasteiger partial charge on any atom is -0.378 e. The standard InChI is InChI=1S/C11H19NO/c1-4-6-9(3)12-10-7-11(8-10)13-5-2/h1,9-12H,5-8H2,2-3H3. The first-order valence-corrected chi connectivity index (χ1v) is 5.07. The quantitative estimate of drug-likeness (QED) is 0.650. The Hall–Kier alpha value is -0.520. The summed E-state index contributed by atoms with van der Waals surface area (Å²) in [6.07, 6.45) is 8.81. The van der Waals surface area contributed by atoms with Crippen LogP contribution in [0.4, 0.5) is 0 Å². The van der Waals surface area contributed by atoms with Crippen LogP contribution in [0.3, 0.4) is 0 Å². The lowest BCUT2D eigenvalue weighted by molar-refractivity contribution is -0.0118. The van der Waals surface area contributed by atoms with Crippen molar-refractivity contribution in [3.8, 4) is 12.3 Å². The molecule has 0 aromatic heterocycles. The van der Waals surface area contributed by atoms with Crippen molar-refractivity contribution >= 4 is 0 Å². The molecule has 0 aliphatic heterocycles. The zero-order chi connectivity index (χ0) is 9.68. The number of rotatable bonds is 5. The van der Waals surface area contributed by atoms with Gasteiger partial charge in [-0.15, -0.1) is 12.3 Å². The number of hydrogen-bond acceptors (Lipinski definition) is 2. The van der Waals surface area contributed by atoms with Crippen molar-refractivity contribution in [2.45, 2.75) is 51.3 Å². The van der Waals surface area contributed by atoms with Crippen LogP contribution in [-0.2, 0) is 4.74 Å². The van der Waals surface area contributed by atoms with Gasteiger partial charge in [-0.05, 0) is 26.7 Å². The van der Waals surface area contributed by atoms with Gasteiger partial charge in [0.25, 0.3) is 0 Å². The predicted octanol–water partition coefficient (Wildman–Crippen LogP) is 1.56. The third-order valence-corrected chi connectivity index (χ3v) is 2.44. The lowest BCUT2D eigenvalue weighted by Gasteiger charge is -2.37. The van der Waals surface area contributed by atoms with Gasteiger partial charge in [-0.2, -0.15) is 0 Å². The Morgan fingerprint density at radius 3 is 2.85 bits per heavy atom. The molecular weight excluding hydrogens is 162 g/mol. The molecule has 1 N–H and O–H groups in total. The summed E-state index contributed by atoms with van der Waals surface area (Å²) >= 11 is 0. The fraction of sp³-hybridized carbons (Fsp3) is 0.818. The number of ether oxygens (including phenoxy) is 1. The largest absolute Gasteiger partial charge is 0.378 e. The third kappa shape index (κ3) is 3.38. The Balaban J connectivity index is 2.04. The summed E-state index contributed by atoms with van der Waals surface area (Å²) < 4.78 is 5.47. The second kappa shape index (κ2) is 5.26. The molecule has 2 nitrogen and oxygen atoms in total. The highest BCUT2D eigenvalue weighted by molar-refractivity contribution is 4.92. The molecule has 2 heteroatoms. The predicted molar refractivity (Wildman–Crippen MR) is 54.5 cm³/mol. The summed E-state index contributed by atoms with van der Waals surface area (Å²) in [6.45, 7) is 5.01. The molecular formula is C11H19NO. The van der Waals surface area contributed by atoms with Gasteiger partial charge in [0.1, 0.15) is 0 Å². The van der Waals surface area contributed by atoms with Crippen molar-refractivity contribution < 1.29 is 4.74 Å². The van der Waals surface area contributed by atoms with E-state index in [4.69, 9.17) is 11.2 Å². The number of hydrogen-bond donors (Lipinski definition) is 1. The Kier molecular flexibility index (Phi) is 4.27. The Labute approximate surface area is 81.0 Å². The van der Waals surface area contributed by atoms with E-state index in [1.165, 1.54) is 0 Å². The van der Waals surface area contributed by atoms with Crippen LogP contribution in [0.1, 0.15) is 33.1 Å². The molecule has 1 saturated carbocycles. The highest BCUT2D eigenvalue weighted by Crippen LogP contribution is 2.23. The summed E-state index contributed by atoms with van der Waals surface area (Å²) in [5.41, 5.74) is 0. The van der Waals surface area contributed by atoms with Crippen LogP contribution in [-0.4, -0.2) is 24.8 Å². The van der Waals surface area contributed by atoms with Crippen molar-refractivity contribution in [2.24, 2.45) is 0 Å². The molecule has 0 bridgehead atoms. The van der Waals surface area contributed by atoms with Gasteiger partial charge in [0.05, 0.1) is 6.10 Å². The maximum absolute atomic E-state index is 5.47. The van der Waals surface area contributed by atoms with E-state index in [0.29, 0.717) is 18.2 Å². The topological polar surface area (TPSA) is 21.3 Å². The Morgan fingerprint density at radius 2 is 2.31 bits per heavy atom. The summed E-state index contributed by atoms with van der Waals surface area (Å²) in [7, 11) is 0. The van der Waals surface area contributed by atoms with Crippen molar-refractivity contribution in [3.63, 3.8) is 0 Å². The van der Waals surface area contributed by atoms with E-state index >= 15 is 0 Å². The molecule has 74 valence electrons. The summed E-state index contributed by atoms with van der Waals surface area (Å²) in [6, 6.07) is 1.07. The lowest BCUT2D eigenvalue weighted by Crippen LogP contribution is -2.48. The van der Waals surface area contributed by atoms with Gasteiger partial charge >= 0.3 is 0 Å². The van der Waals surface area contributed by atoms with Gasteiger partial charge in [-0.25, -0.2) is 0 Å². The molecule has 0 aromatic carbocycles. The van der Waals surface area contributed by atoms with Gasteiger partial charge in [0.2, 0.25) is 0 Å². The third-order valence-electron chi connectivity index (χ3n) is 2.44. The van der Waals surface area contributed by atoms with Crippen molar-refractivity contribution in [1.82, 2.24) is 5.32 Å². The van der Waals surface area contributed by atoms with E-state index in [1.54, 1.807) is 0 Å². The molecule has 0 saturated heterocycles. The molecule has 1 aliphatic carbocycles. The Bertz CT molecular complexity index is 179. The molecule has 1 atom stereocenters. The maximum atomic E-state index is 5.47. The first kappa shape index (κ1) is 10.6. The van der Waals surface area contributed by atoms with Gasteiger partial charge in [0.15, 0.2) is 0 Å². The van der Waals surface area contributed by atoms with E-state index in [2.05, 4.69) is 18.2 Å². The molecule has 0 amide bonds. The molecule has 0 radical (unpaired) electrons. The first-order valence-electron chi connectivity index (χ1n) is 5.07. The van der Waals surface area contributed by atoms with Gasteiger partial charge in [-0.3, -0.25) is 0 Å². The Morgan fingerprint density at radius 1 is 1.62 bits per heavy atom. The summed E-state index contributed by atoms with van der Waals surface area (Å²) in [5, 5.41) is 3.48. The molecule has 13 heavy (non-hydrogen) atoms. The fourth-order valence-corrected chi connectivity index (χ4v) is 1.71. The van der Waals surface area contributed by atoms with Crippen molar-refractivity contribution in [2.75, 3.05) is 6.61 Å². The lowest BCUT2D eigenvalue weighted by atomic mass is 9.88. The maximum Gasteiger partial charge on any atom is 0.0604 e. The smallest absolute Gasteiger partial charge is 0.0604 e. The second-order valence-electron chi connectivity index (χ2n) is 3.72. The summed E-state index contributed by atoms with van der Waals surface area (Å²) in [4.78, 5) is 0. The van der Waals surface area contributed by atoms with E-state index in [-0.39, 0.29) is 0 Å². The van der Waals surface area contributed by atoms with Crippen LogP contribution in [0, 0.1) is 12.3 Å². The van der Waals surface area contributed by atoms with Crippen molar-refractivity contribution in [1.29, 1.82) is 0 Å². The van der Waals surface area contributed by atoms with E-state index in [1.807, 2.05) is 6.92 Å². The van der Waals surface area contributed by atoms with Gasteiger partial charge in [-0.1, -0.05) is 0 Å². The first-order chi connectivity index (χ1) is 6.26. The minimum atomic E-state index is 0.442. The highest BCUT2D eigenvalue weighted by atomic mass is 16.5. The molecule has 0 spiro atoms. The second-order valence-corrected chi connectivity index (χ2v) is 3.72. The van der Waals surface area contributed by atoms with Crippen LogP contribution < -0.4 is 5.32 Å². The van der Waals surface area contributed by atoms with Crippen LogP contribution in [0.15, 0.2) is 0 Å². The van der Waals surface area contributed by atoms with E-state index in [9.17, 15) is 0 Å². The monoisotopic (exact) mass is 181 g/mol. The van der Waals surface area contributed by atoms with Crippen LogP contribution in [0.25, 0.3) is 0 Å². The highest BCUT2D eigenvalue weighted by Gasteiger charge is 2.29. The SMILES string of the molecule is C#CCC(C)NC1CC(OCC)C1.